The number of ether oxygens (including phenoxy) is 2. The summed E-state index contributed by atoms with van der Waals surface area (Å²) in [6.07, 6.45) is 6.43. The summed E-state index contributed by atoms with van der Waals surface area (Å²) in [5, 5.41) is 13.0. The summed E-state index contributed by atoms with van der Waals surface area (Å²) in [6, 6.07) is 5.77. The third-order valence-electron chi connectivity index (χ3n) is 7.35. The lowest BCUT2D eigenvalue weighted by atomic mass is 9.83. The van der Waals surface area contributed by atoms with Crippen LogP contribution in [0.4, 0.5) is 5.69 Å². The molecule has 5 rings (SSSR count). The molecule has 0 unspecified atom stereocenters. The quantitative estimate of drug-likeness (QED) is 0.753. The van der Waals surface area contributed by atoms with Crippen molar-refractivity contribution in [3.8, 4) is 5.75 Å². The van der Waals surface area contributed by atoms with E-state index >= 15 is 0 Å². The number of anilines is 1. The average molecular weight is 429 g/mol. The molecule has 4 atom stereocenters. The number of likely N-dealkylation sites (tertiary alicyclic amines) is 1. The number of carbonyl (C=O) groups is 2. The summed E-state index contributed by atoms with van der Waals surface area (Å²) in [4.78, 5) is 27.1. The first-order chi connectivity index (χ1) is 15.1. The molecular formula is C24H32N2O5. The number of carbonyl (C=O) groups excluding carboxylic acids is 2. The van der Waals surface area contributed by atoms with E-state index in [0.29, 0.717) is 12.8 Å². The molecule has 2 amide bonds. The number of amides is 2. The van der Waals surface area contributed by atoms with Crippen molar-refractivity contribution < 1.29 is 24.2 Å². The third kappa shape index (κ3) is 4.17. The number of nitrogens with zero attached hydrogens (tertiary/aromatic N) is 1. The lowest BCUT2D eigenvalue weighted by Crippen LogP contribution is -2.48. The van der Waals surface area contributed by atoms with Crippen LogP contribution in [0.5, 0.6) is 5.75 Å². The number of hydrogen-bond donors (Lipinski definition) is 2. The number of hydrogen-bond acceptors (Lipinski definition) is 5. The van der Waals surface area contributed by atoms with Gasteiger partial charge in [-0.3, -0.25) is 9.59 Å². The smallest absolute Gasteiger partial charge is 0.227 e. The zero-order valence-corrected chi connectivity index (χ0v) is 17.9. The molecule has 4 aliphatic rings. The number of aliphatic hydroxyl groups is 1. The highest BCUT2D eigenvalue weighted by Gasteiger charge is 2.46. The summed E-state index contributed by atoms with van der Waals surface area (Å²) >= 11 is 0. The van der Waals surface area contributed by atoms with Gasteiger partial charge < -0.3 is 24.8 Å². The second-order valence-electron chi connectivity index (χ2n) is 9.42. The van der Waals surface area contributed by atoms with E-state index in [9.17, 15) is 14.7 Å². The van der Waals surface area contributed by atoms with E-state index in [0.717, 1.165) is 62.2 Å². The summed E-state index contributed by atoms with van der Waals surface area (Å²) in [5.74, 6) is 1.18. The molecule has 2 saturated heterocycles. The maximum Gasteiger partial charge on any atom is 0.227 e. The van der Waals surface area contributed by atoms with Gasteiger partial charge in [-0.05, 0) is 56.7 Å². The first-order valence-corrected chi connectivity index (χ1v) is 11.8. The Labute approximate surface area is 183 Å². The molecule has 0 bridgehead atoms. The van der Waals surface area contributed by atoms with Gasteiger partial charge in [-0.15, -0.1) is 0 Å². The molecule has 1 saturated carbocycles. The van der Waals surface area contributed by atoms with E-state index in [4.69, 9.17) is 9.47 Å². The van der Waals surface area contributed by atoms with Crippen LogP contribution >= 0.6 is 0 Å². The molecule has 0 spiro atoms. The Hall–Kier alpha value is -2.12. The standard InChI is InChI=1S/C24H32N2O5/c27-14-21-23-19(12-17(30-21)13-22(28)26-9-2-1-3-10-26)18-11-16(7-8-20(18)31-23)25-24(29)15-5-4-6-15/h7-8,11,15,17,19,21,23,27H,1-6,9-10,12-14H2,(H,25,29)/t17-,19+,21-,23-/m1/s1. The van der Waals surface area contributed by atoms with Gasteiger partial charge in [0.2, 0.25) is 11.8 Å². The minimum absolute atomic E-state index is 0.0422. The SMILES string of the molecule is O=C(Nc1ccc2c(c1)[C@@H]1C[C@H](CC(=O)N3CCCCC3)O[C@H](CO)[C@@H]1O2)C1CCC1. The monoisotopic (exact) mass is 428 g/mol. The van der Waals surface area contributed by atoms with Gasteiger partial charge in [0.05, 0.1) is 19.1 Å². The zero-order valence-electron chi connectivity index (χ0n) is 17.9. The molecule has 0 aromatic heterocycles. The van der Waals surface area contributed by atoms with Gasteiger partial charge in [-0.2, -0.15) is 0 Å². The van der Waals surface area contributed by atoms with Crippen molar-refractivity contribution in [3.63, 3.8) is 0 Å². The Morgan fingerprint density at radius 3 is 2.65 bits per heavy atom. The Balaban J connectivity index is 1.29. The summed E-state index contributed by atoms with van der Waals surface area (Å²) < 4.78 is 12.2. The molecule has 3 fully saturated rings. The van der Waals surface area contributed by atoms with Gasteiger partial charge in [-0.25, -0.2) is 0 Å². The van der Waals surface area contributed by atoms with Gasteiger partial charge >= 0.3 is 0 Å². The molecular weight excluding hydrogens is 396 g/mol. The first kappa shape index (κ1) is 20.8. The second kappa shape index (κ2) is 8.79. The topological polar surface area (TPSA) is 88.1 Å². The van der Waals surface area contributed by atoms with Crippen LogP contribution in [0.25, 0.3) is 0 Å². The molecule has 1 aromatic carbocycles. The van der Waals surface area contributed by atoms with Crippen molar-refractivity contribution in [2.75, 3.05) is 25.0 Å². The molecule has 7 heteroatoms. The number of rotatable bonds is 5. The lowest BCUT2D eigenvalue weighted by Gasteiger charge is -2.38. The average Bonchev–Trinajstić information content (AvgIpc) is 3.10. The highest BCUT2D eigenvalue weighted by molar-refractivity contribution is 5.93. The largest absolute Gasteiger partial charge is 0.487 e. The van der Waals surface area contributed by atoms with Crippen LogP contribution in [0.3, 0.4) is 0 Å². The second-order valence-corrected chi connectivity index (χ2v) is 9.42. The molecule has 3 heterocycles. The molecule has 7 nitrogen and oxygen atoms in total. The Bertz CT molecular complexity index is 833. The van der Waals surface area contributed by atoms with Crippen molar-refractivity contribution in [2.24, 2.45) is 5.92 Å². The van der Waals surface area contributed by atoms with Crippen LogP contribution in [0.15, 0.2) is 18.2 Å². The Morgan fingerprint density at radius 1 is 1.13 bits per heavy atom. The van der Waals surface area contributed by atoms with Crippen LogP contribution < -0.4 is 10.1 Å². The predicted molar refractivity (Wildman–Crippen MR) is 115 cm³/mol. The molecule has 1 aliphatic carbocycles. The van der Waals surface area contributed by atoms with Crippen LogP contribution in [-0.2, 0) is 14.3 Å². The predicted octanol–water partition coefficient (Wildman–Crippen LogP) is 2.82. The normalized spacial score (nSPS) is 30.0. The lowest BCUT2D eigenvalue weighted by molar-refractivity contribution is -0.149. The zero-order chi connectivity index (χ0) is 21.4. The van der Waals surface area contributed by atoms with Gasteiger partial charge in [-0.1, -0.05) is 6.42 Å². The van der Waals surface area contributed by atoms with E-state index in [1.54, 1.807) is 0 Å². The van der Waals surface area contributed by atoms with Crippen LogP contribution in [0.1, 0.15) is 62.8 Å². The molecule has 168 valence electrons. The van der Waals surface area contributed by atoms with Gasteiger partial charge in [0, 0.05) is 36.2 Å². The number of fused-ring (bicyclic) bond motifs is 3. The summed E-state index contributed by atoms with van der Waals surface area (Å²) in [5.41, 5.74) is 1.82. The van der Waals surface area contributed by atoms with E-state index < -0.39 is 6.10 Å². The van der Waals surface area contributed by atoms with Crippen molar-refractivity contribution in [1.29, 1.82) is 0 Å². The number of piperidine rings is 1. The van der Waals surface area contributed by atoms with Gasteiger partial charge in [0.25, 0.3) is 0 Å². The Morgan fingerprint density at radius 2 is 1.94 bits per heavy atom. The van der Waals surface area contributed by atoms with Crippen molar-refractivity contribution in [3.05, 3.63) is 23.8 Å². The minimum Gasteiger partial charge on any atom is -0.487 e. The van der Waals surface area contributed by atoms with Crippen molar-refractivity contribution in [1.82, 2.24) is 4.90 Å². The third-order valence-corrected chi connectivity index (χ3v) is 7.35. The van der Waals surface area contributed by atoms with E-state index in [1.165, 1.54) is 6.42 Å². The Kier molecular flexibility index (Phi) is 5.89. The molecule has 1 aromatic rings. The molecule has 31 heavy (non-hydrogen) atoms. The van der Waals surface area contributed by atoms with Crippen molar-refractivity contribution in [2.45, 2.75) is 75.6 Å². The van der Waals surface area contributed by atoms with Crippen LogP contribution in [0, 0.1) is 5.92 Å². The van der Waals surface area contributed by atoms with E-state index in [1.807, 2.05) is 23.1 Å². The molecule has 2 N–H and O–H groups in total. The fraction of sp³-hybridized carbons (Fsp3) is 0.667. The maximum atomic E-state index is 12.8. The summed E-state index contributed by atoms with van der Waals surface area (Å²) in [7, 11) is 0. The molecule has 3 aliphatic heterocycles. The fourth-order valence-electron chi connectivity index (χ4n) is 5.35. The van der Waals surface area contributed by atoms with Crippen molar-refractivity contribution >= 4 is 17.5 Å². The highest BCUT2D eigenvalue weighted by atomic mass is 16.6. The van der Waals surface area contributed by atoms with Gasteiger partial charge in [0.1, 0.15) is 18.0 Å². The van der Waals surface area contributed by atoms with Crippen LogP contribution in [0.2, 0.25) is 0 Å². The number of nitrogens with one attached hydrogen (secondary N) is 1. The van der Waals surface area contributed by atoms with E-state index in [2.05, 4.69) is 5.32 Å². The van der Waals surface area contributed by atoms with Gasteiger partial charge in [0.15, 0.2) is 0 Å². The maximum absolute atomic E-state index is 12.8. The van der Waals surface area contributed by atoms with E-state index in [-0.39, 0.29) is 42.5 Å². The number of aliphatic hydroxyl groups excluding tert-OH is 1. The van der Waals surface area contributed by atoms with Crippen LogP contribution in [-0.4, -0.2) is 59.8 Å². The summed E-state index contributed by atoms with van der Waals surface area (Å²) in [6.45, 7) is 1.52. The number of benzene rings is 1. The first-order valence-electron chi connectivity index (χ1n) is 11.8. The fourth-order valence-corrected chi connectivity index (χ4v) is 5.35. The highest BCUT2D eigenvalue weighted by Crippen LogP contribution is 2.47. The molecule has 0 radical (unpaired) electrons. The minimum atomic E-state index is -0.460.